The molecule has 0 radical (unpaired) electrons. The van der Waals surface area contributed by atoms with E-state index in [1.54, 1.807) is 6.20 Å². The summed E-state index contributed by atoms with van der Waals surface area (Å²) in [5.41, 5.74) is 0.930. The number of nitrogens with one attached hydrogen (secondary N) is 1. The second-order valence-corrected chi connectivity index (χ2v) is 10.4. The Labute approximate surface area is 184 Å². The first kappa shape index (κ1) is 22.3. The Kier molecular flexibility index (Phi) is 6.14. The largest absolute Gasteiger partial charge is 0.444 e. The van der Waals surface area contributed by atoms with Crippen molar-refractivity contribution >= 4 is 11.9 Å². The van der Waals surface area contributed by atoms with Gasteiger partial charge in [-0.3, -0.25) is 4.98 Å². The minimum absolute atomic E-state index is 0.0103. The Morgan fingerprint density at radius 2 is 2.00 bits per heavy atom. The number of hydrogen-bond donors (Lipinski definition) is 2. The molecule has 1 aromatic heterocycles. The van der Waals surface area contributed by atoms with Crippen LogP contribution in [0.15, 0.2) is 6.20 Å². The van der Waals surface area contributed by atoms with Crippen molar-refractivity contribution in [3.63, 3.8) is 0 Å². The highest BCUT2D eigenvalue weighted by Crippen LogP contribution is 2.49. The topological polar surface area (TPSA) is 96.8 Å². The first-order valence-electron chi connectivity index (χ1n) is 11.5. The highest BCUT2D eigenvalue weighted by Gasteiger charge is 2.51. The van der Waals surface area contributed by atoms with Gasteiger partial charge in [0.15, 0.2) is 5.82 Å². The lowest BCUT2D eigenvalue weighted by atomic mass is 9.74. The Morgan fingerprint density at radius 3 is 2.61 bits per heavy atom. The van der Waals surface area contributed by atoms with Gasteiger partial charge in [0.2, 0.25) is 0 Å². The van der Waals surface area contributed by atoms with Crippen molar-refractivity contribution in [3.05, 3.63) is 17.6 Å². The van der Waals surface area contributed by atoms with Crippen LogP contribution >= 0.6 is 0 Å². The average molecular weight is 433 g/mol. The fourth-order valence-corrected chi connectivity index (χ4v) is 5.00. The number of aryl methyl sites for hydroxylation is 1. The number of carbonyl (C=O) groups is 1. The number of aliphatic hydroxyl groups is 1. The van der Waals surface area contributed by atoms with Crippen LogP contribution in [0.3, 0.4) is 0 Å². The molecule has 8 nitrogen and oxygen atoms in total. The van der Waals surface area contributed by atoms with Crippen molar-refractivity contribution in [2.45, 2.75) is 96.7 Å². The molecular weight excluding hydrogens is 396 g/mol. The molecule has 2 saturated carbocycles. The number of aromatic nitrogens is 2. The smallest absolute Gasteiger partial charge is 0.407 e. The second kappa shape index (κ2) is 8.54. The summed E-state index contributed by atoms with van der Waals surface area (Å²) in [6.07, 6.45) is 7.89. The third-order valence-electron chi connectivity index (χ3n) is 6.63. The lowest BCUT2D eigenvalue weighted by Gasteiger charge is -2.44. The van der Waals surface area contributed by atoms with E-state index in [-0.39, 0.29) is 30.3 Å². The van der Waals surface area contributed by atoms with Gasteiger partial charge in [0, 0.05) is 25.3 Å². The van der Waals surface area contributed by atoms with Gasteiger partial charge in [-0.05, 0) is 71.6 Å². The zero-order chi connectivity index (χ0) is 22.2. The lowest BCUT2D eigenvalue weighted by Crippen LogP contribution is -2.51. The number of rotatable bonds is 5. The zero-order valence-electron chi connectivity index (χ0n) is 19.2. The number of ether oxygens (including phenoxy) is 2. The van der Waals surface area contributed by atoms with Crippen LogP contribution in [0.2, 0.25) is 0 Å². The molecule has 1 aliphatic heterocycles. The van der Waals surface area contributed by atoms with Gasteiger partial charge >= 0.3 is 6.09 Å². The summed E-state index contributed by atoms with van der Waals surface area (Å²) in [5, 5.41) is 12.9. The fourth-order valence-electron chi connectivity index (χ4n) is 5.00. The van der Waals surface area contributed by atoms with Crippen LogP contribution in [-0.2, 0) is 16.1 Å². The van der Waals surface area contributed by atoms with Gasteiger partial charge in [0.1, 0.15) is 11.3 Å². The molecular formula is C23H36N4O4. The molecule has 2 heterocycles. The minimum atomic E-state index is -0.520. The van der Waals surface area contributed by atoms with E-state index in [9.17, 15) is 9.90 Å². The van der Waals surface area contributed by atoms with Gasteiger partial charge in [-0.1, -0.05) is 0 Å². The SMILES string of the molecule is Cc1cnc(CO)c(N2CCC3(CC2)C[C@@H](OC2CC2)C[C@H]3NC(=O)OC(C)(C)C)n1. The van der Waals surface area contributed by atoms with E-state index in [0.29, 0.717) is 11.8 Å². The van der Waals surface area contributed by atoms with E-state index in [0.717, 1.165) is 63.1 Å². The highest BCUT2D eigenvalue weighted by molar-refractivity contribution is 5.68. The van der Waals surface area contributed by atoms with E-state index in [2.05, 4.69) is 20.2 Å². The summed E-state index contributed by atoms with van der Waals surface area (Å²) in [5.74, 6) is 0.776. The molecule has 1 spiro atoms. The third kappa shape index (κ3) is 5.29. The van der Waals surface area contributed by atoms with Crippen LogP contribution in [0.25, 0.3) is 0 Å². The summed E-state index contributed by atoms with van der Waals surface area (Å²) in [4.78, 5) is 23.8. The van der Waals surface area contributed by atoms with Gasteiger partial charge in [0.25, 0.3) is 0 Å². The summed E-state index contributed by atoms with van der Waals surface area (Å²) in [7, 11) is 0. The second-order valence-electron chi connectivity index (χ2n) is 10.4. The van der Waals surface area contributed by atoms with Gasteiger partial charge in [0.05, 0.1) is 24.5 Å². The first-order valence-corrected chi connectivity index (χ1v) is 11.5. The van der Waals surface area contributed by atoms with E-state index in [1.165, 1.54) is 0 Å². The van der Waals surface area contributed by atoms with Crippen LogP contribution in [0.5, 0.6) is 0 Å². The summed E-state index contributed by atoms with van der Waals surface area (Å²) in [6.45, 7) is 9.08. The first-order chi connectivity index (χ1) is 14.7. The summed E-state index contributed by atoms with van der Waals surface area (Å²) < 4.78 is 11.8. The van der Waals surface area contributed by atoms with Crippen molar-refractivity contribution in [2.24, 2.45) is 5.41 Å². The van der Waals surface area contributed by atoms with Gasteiger partial charge < -0.3 is 24.8 Å². The predicted octanol–water partition coefficient (Wildman–Crippen LogP) is 3.10. The molecule has 1 amide bonds. The zero-order valence-corrected chi connectivity index (χ0v) is 19.2. The average Bonchev–Trinajstić information content (AvgIpc) is 3.44. The summed E-state index contributed by atoms with van der Waals surface area (Å²) in [6, 6.07) is 0.0363. The molecule has 2 atom stereocenters. The number of aliphatic hydroxyl groups excluding tert-OH is 1. The molecule has 2 aliphatic carbocycles. The molecule has 1 saturated heterocycles. The quantitative estimate of drug-likeness (QED) is 0.738. The van der Waals surface area contributed by atoms with Crippen molar-refractivity contribution in [1.82, 2.24) is 15.3 Å². The lowest BCUT2D eigenvalue weighted by molar-refractivity contribution is 0.0333. The molecule has 0 unspecified atom stereocenters. The van der Waals surface area contributed by atoms with Crippen LogP contribution in [0.1, 0.15) is 70.7 Å². The fraction of sp³-hybridized carbons (Fsp3) is 0.783. The highest BCUT2D eigenvalue weighted by atomic mass is 16.6. The van der Waals surface area contributed by atoms with E-state index < -0.39 is 5.60 Å². The molecule has 0 aromatic carbocycles. The molecule has 4 rings (SSSR count). The van der Waals surface area contributed by atoms with E-state index >= 15 is 0 Å². The van der Waals surface area contributed by atoms with Crippen LogP contribution in [0, 0.1) is 12.3 Å². The molecule has 1 aromatic rings. The maximum Gasteiger partial charge on any atom is 0.407 e. The Bertz CT molecular complexity index is 797. The molecule has 3 aliphatic rings. The van der Waals surface area contributed by atoms with Gasteiger partial charge in [-0.25, -0.2) is 9.78 Å². The number of piperidine rings is 1. The minimum Gasteiger partial charge on any atom is -0.444 e. The molecule has 0 bridgehead atoms. The van der Waals surface area contributed by atoms with Gasteiger partial charge in [-0.2, -0.15) is 0 Å². The van der Waals surface area contributed by atoms with Crippen molar-refractivity contribution in [2.75, 3.05) is 18.0 Å². The normalized spacial score (nSPS) is 25.6. The number of amides is 1. The maximum atomic E-state index is 12.6. The molecule has 8 heteroatoms. The molecule has 31 heavy (non-hydrogen) atoms. The maximum absolute atomic E-state index is 12.6. The number of alkyl carbamates (subject to hydrolysis) is 1. The molecule has 172 valence electrons. The Hall–Kier alpha value is -1.93. The van der Waals surface area contributed by atoms with Crippen LogP contribution in [0.4, 0.5) is 10.6 Å². The van der Waals surface area contributed by atoms with Crippen LogP contribution in [-0.4, -0.2) is 58.1 Å². The summed E-state index contributed by atoms with van der Waals surface area (Å²) >= 11 is 0. The Balaban J connectivity index is 1.47. The van der Waals surface area contributed by atoms with Crippen molar-refractivity contribution in [1.29, 1.82) is 0 Å². The number of carbonyl (C=O) groups excluding carboxylic acids is 1. The monoisotopic (exact) mass is 432 g/mol. The van der Waals surface area contributed by atoms with E-state index in [4.69, 9.17) is 9.47 Å². The molecule has 3 fully saturated rings. The number of anilines is 1. The predicted molar refractivity (Wildman–Crippen MR) is 117 cm³/mol. The van der Waals surface area contributed by atoms with Crippen LogP contribution < -0.4 is 10.2 Å². The van der Waals surface area contributed by atoms with Crippen molar-refractivity contribution in [3.8, 4) is 0 Å². The van der Waals surface area contributed by atoms with E-state index in [1.807, 2.05) is 27.7 Å². The Morgan fingerprint density at radius 1 is 1.29 bits per heavy atom. The number of nitrogens with zero attached hydrogens (tertiary/aromatic N) is 3. The number of hydrogen-bond acceptors (Lipinski definition) is 7. The third-order valence-corrected chi connectivity index (χ3v) is 6.63. The van der Waals surface area contributed by atoms with Gasteiger partial charge in [-0.15, -0.1) is 0 Å². The van der Waals surface area contributed by atoms with Crippen molar-refractivity contribution < 1.29 is 19.4 Å². The molecule has 2 N–H and O–H groups in total. The standard InChI is InChI=1S/C23H36N4O4/c1-15-13-24-18(14-28)20(25-15)27-9-7-23(8-10-27)12-17(30-16-5-6-16)11-19(23)26-21(29)31-22(2,3)4/h13,16-17,19,28H,5-12,14H2,1-4H3,(H,26,29)/t17-,19+/m0/s1.